The fourth-order valence-electron chi connectivity index (χ4n) is 4.09. The lowest BCUT2D eigenvalue weighted by Gasteiger charge is -2.45. The van der Waals surface area contributed by atoms with Gasteiger partial charge in [-0.15, -0.1) is 0 Å². The molecular weight excluding hydrogens is 250 g/mol. The maximum Gasteiger partial charge on any atom is 0.223 e. The molecule has 1 atom stereocenters. The molecule has 1 heterocycles. The summed E-state index contributed by atoms with van der Waals surface area (Å²) in [5, 5.41) is 3.28. The molecule has 2 aliphatic carbocycles. The molecule has 0 aromatic rings. The Morgan fingerprint density at radius 1 is 1.25 bits per heavy atom. The quantitative estimate of drug-likeness (QED) is 0.843. The summed E-state index contributed by atoms with van der Waals surface area (Å²) >= 11 is 0. The number of nitrogens with zero attached hydrogens (tertiary/aromatic N) is 2. The predicted octanol–water partition coefficient (Wildman–Crippen LogP) is 1.32. The highest BCUT2D eigenvalue weighted by Gasteiger charge is 2.60. The molecule has 1 N–H and O–H groups in total. The minimum Gasteiger partial charge on any atom is -0.354 e. The van der Waals surface area contributed by atoms with Gasteiger partial charge in [-0.25, -0.2) is 0 Å². The van der Waals surface area contributed by atoms with Gasteiger partial charge in [-0.05, 0) is 71.8 Å². The van der Waals surface area contributed by atoms with Gasteiger partial charge in [-0.1, -0.05) is 6.42 Å². The highest BCUT2D eigenvalue weighted by Crippen LogP contribution is 2.65. The van der Waals surface area contributed by atoms with E-state index in [0.717, 1.165) is 38.9 Å². The summed E-state index contributed by atoms with van der Waals surface area (Å²) < 4.78 is 0. The number of hydrogen-bond acceptors (Lipinski definition) is 3. The van der Waals surface area contributed by atoms with Crippen LogP contribution < -0.4 is 5.32 Å². The normalized spacial score (nSPS) is 31.1. The second-order valence-electron chi connectivity index (χ2n) is 7.61. The molecule has 3 aliphatic rings. The van der Waals surface area contributed by atoms with Crippen molar-refractivity contribution in [2.75, 3.05) is 40.8 Å². The highest BCUT2D eigenvalue weighted by molar-refractivity contribution is 5.82. The molecule has 4 heteroatoms. The van der Waals surface area contributed by atoms with Crippen molar-refractivity contribution in [2.24, 2.45) is 11.3 Å². The summed E-state index contributed by atoms with van der Waals surface area (Å²) in [6.07, 6.45) is 7.34. The average molecular weight is 279 g/mol. The lowest BCUT2D eigenvalue weighted by Crippen LogP contribution is -2.58. The molecule has 1 amide bonds. The molecule has 0 aromatic carbocycles. The van der Waals surface area contributed by atoms with E-state index in [1.165, 1.54) is 19.3 Å². The highest BCUT2D eigenvalue weighted by atomic mass is 16.2. The average Bonchev–Trinajstić information content (AvgIpc) is 3.13. The third-order valence-electron chi connectivity index (χ3n) is 6.31. The number of amides is 1. The second kappa shape index (κ2) is 4.99. The number of likely N-dealkylation sites (tertiary alicyclic amines) is 1. The van der Waals surface area contributed by atoms with Gasteiger partial charge >= 0.3 is 0 Å². The Labute approximate surface area is 122 Å². The number of rotatable bonds is 4. The first-order chi connectivity index (χ1) is 9.47. The van der Waals surface area contributed by atoms with Crippen molar-refractivity contribution < 1.29 is 4.79 Å². The van der Waals surface area contributed by atoms with E-state index in [0.29, 0.717) is 17.2 Å². The van der Waals surface area contributed by atoms with Gasteiger partial charge in [0, 0.05) is 18.0 Å². The van der Waals surface area contributed by atoms with E-state index >= 15 is 0 Å². The van der Waals surface area contributed by atoms with Crippen LogP contribution in [0.15, 0.2) is 0 Å². The Balaban J connectivity index is 1.54. The molecule has 0 radical (unpaired) electrons. The summed E-state index contributed by atoms with van der Waals surface area (Å²) in [5.74, 6) is 0.659. The Morgan fingerprint density at radius 3 is 2.35 bits per heavy atom. The minimum absolute atomic E-state index is 0.157. The Kier molecular flexibility index (Phi) is 3.57. The van der Waals surface area contributed by atoms with E-state index in [9.17, 15) is 4.79 Å². The van der Waals surface area contributed by atoms with Crippen LogP contribution in [0.3, 0.4) is 0 Å². The maximum atomic E-state index is 12.3. The van der Waals surface area contributed by atoms with E-state index in [4.69, 9.17) is 0 Å². The summed E-state index contributed by atoms with van der Waals surface area (Å²) in [5.41, 5.74) is 0.603. The van der Waals surface area contributed by atoms with Crippen molar-refractivity contribution in [3.8, 4) is 0 Å². The largest absolute Gasteiger partial charge is 0.354 e. The number of piperidine rings is 1. The molecule has 0 aromatic heterocycles. The lowest BCUT2D eigenvalue weighted by molar-refractivity contribution is -0.124. The Hall–Kier alpha value is -0.610. The van der Waals surface area contributed by atoms with E-state index in [-0.39, 0.29) is 5.54 Å². The topological polar surface area (TPSA) is 35.6 Å². The van der Waals surface area contributed by atoms with Gasteiger partial charge in [-0.3, -0.25) is 4.79 Å². The standard InChI is InChI=1S/C16H29N3O/c1-18(2)16(7-9-19(3)10-8-16)12-17-14(20)13-11-15(13)5-4-6-15/h13H,4-12H2,1-3H3,(H,17,20)/t13-/m0/s1. The molecule has 1 aliphatic heterocycles. The van der Waals surface area contributed by atoms with Gasteiger partial charge < -0.3 is 15.1 Å². The summed E-state index contributed by atoms with van der Waals surface area (Å²) in [6, 6.07) is 0. The molecule has 20 heavy (non-hydrogen) atoms. The smallest absolute Gasteiger partial charge is 0.223 e. The third kappa shape index (κ3) is 2.37. The van der Waals surface area contributed by atoms with Crippen LogP contribution in [0.4, 0.5) is 0 Å². The maximum absolute atomic E-state index is 12.3. The summed E-state index contributed by atoms with van der Waals surface area (Å²) in [7, 11) is 6.49. The first-order valence-electron chi connectivity index (χ1n) is 8.11. The summed E-state index contributed by atoms with van der Waals surface area (Å²) in [4.78, 5) is 17.1. The fourth-order valence-corrected chi connectivity index (χ4v) is 4.09. The molecule has 2 saturated carbocycles. The second-order valence-corrected chi connectivity index (χ2v) is 7.61. The molecule has 1 saturated heterocycles. The fraction of sp³-hybridized carbons (Fsp3) is 0.938. The molecule has 3 fully saturated rings. The predicted molar refractivity (Wildman–Crippen MR) is 80.5 cm³/mol. The first-order valence-corrected chi connectivity index (χ1v) is 8.11. The number of likely N-dealkylation sites (N-methyl/N-ethyl adjacent to an activating group) is 1. The number of nitrogens with one attached hydrogen (secondary N) is 1. The Bertz CT molecular complexity index is 381. The number of carbonyl (C=O) groups is 1. The Morgan fingerprint density at radius 2 is 1.90 bits per heavy atom. The van der Waals surface area contributed by atoms with Crippen molar-refractivity contribution >= 4 is 5.91 Å². The molecule has 0 unspecified atom stereocenters. The zero-order chi connectivity index (χ0) is 14.4. The molecule has 3 rings (SSSR count). The molecular formula is C16H29N3O. The monoisotopic (exact) mass is 279 g/mol. The van der Waals surface area contributed by atoms with Crippen LogP contribution in [0.2, 0.25) is 0 Å². The van der Waals surface area contributed by atoms with E-state index in [1.807, 2.05) is 0 Å². The third-order valence-corrected chi connectivity index (χ3v) is 6.31. The number of carbonyl (C=O) groups excluding carboxylic acids is 1. The van der Waals surface area contributed by atoms with Crippen LogP contribution in [0.25, 0.3) is 0 Å². The summed E-state index contributed by atoms with van der Waals surface area (Å²) in [6.45, 7) is 3.07. The SMILES string of the molecule is CN1CCC(CNC(=O)[C@@H]2CC23CCC3)(N(C)C)CC1. The van der Waals surface area contributed by atoms with Gasteiger partial charge in [0.25, 0.3) is 0 Å². The van der Waals surface area contributed by atoms with Gasteiger partial charge in [0.15, 0.2) is 0 Å². The zero-order valence-corrected chi connectivity index (χ0v) is 13.2. The van der Waals surface area contributed by atoms with Gasteiger partial charge in [-0.2, -0.15) is 0 Å². The van der Waals surface area contributed by atoms with Crippen LogP contribution >= 0.6 is 0 Å². The van der Waals surface area contributed by atoms with Crippen molar-refractivity contribution in [1.82, 2.24) is 15.1 Å². The van der Waals surface area contributed by atoms with Gasteiger partial charge in [0.1, 0.15) is 0 Å². The van der Waals surface area contributed by atoms with Crippen LogP contribution in [0, 0.1) is 11.3 Å². The van der Waals surface area contributed by atoms with E-state index < -0.39 is 0 Å². The zero-order valence-electron chi connectivity index (χ0n) is 13.2. The van der Waals surface area contributed by atoms with Crippen LogP contribution in [0.5, 0.6) is 0 Å². The molecule has 1 spiro atoms. The van der Waals surface area contributed by atoms with E-state index in [1.54, 1.807) is 0 Å². The van der Waals surface area contributed by atoms with Crippen molar-refractivity contribution in [2.45, 2.75) is 44.1 Å². The number of hydrogen-bond donors (Lipinski definition) is 1. The van der Waals surface area contributed by atoms with Gasteiger partial charge in [0.2, 0.25) is 5.91 Å². The molecule has 114 valence electrons. The van der Waals surface area contributed by atoms with Crippen molar-refractivity contribution in [1.29, 1.82) is 0 Å². The van der Waals surface area contributed by atoms with Crippen molar-refractivity contribution in [3.05, 3.63) is 0 Å². The lowest BCUT2D eigenvalue weighted by atomic mass is 9.79. The molecule has 4 nitrogen and oxygen atoms in total. The first kappa shape index (κ1) is 14.3. The molecule has 0 bridgehead atoms. The van der Waals surface area contributed by atoms with E-state index in [2.05, 4.69) is 36.3 Å². The van der Waals surface area contributed by atoms with Crippen molar-refractivity contribution in [3.63, 3.8) is 0 Å². The van der Waals surface area contributed by atoms with Crippen LogP contribution in [0.1, 0.15) is 38.5 Å². The van der Waals surface area contributed by atoms with Gasteiger partial charge in [0.05, 0.1) is 0 Å². The van der Waals surface area contributed by atoms with Crippen LogP contribution in [-0.4, -0.2) is 62.0 Å². The minimum atomic E-state index is 0.157. The van der Waals surface area contributed by atoms with Crippen LogP contribution in [-0.2, 0) is 4.79 Å².